The van der Waals surface area contributed by atoms with Crippen LogP contribution in [0.4, 0.5) is 0 Å². The number of rotatable bonds is 7. The number of aromatic nitrogens is 5. The summed E-state index contributed by atoms with van der Waals surface area (Å²) in [5.74, 6) is 0.0644. The summed E-state index contributed by atoms with van der Waals surface area (Å²) in [6, 6.07) is 2.76. The number of hydrogen-bond acceptors (Lipinski definition) is 6. The zero-order chi connectivity index (χ0) is 23.9. The summed E-state index contributed by atoms with van der Waals surface area (Å²) in [5, 5.41) is 18.8. The van der Waals surface area contributed by atoms with Crippen molar-refractivity contribution in [1.29, 1.82) is 0 Å². The zero-order valence-electron chi connectivity index (χ0n) is 20.5. The summed E-state index contributed by atoms with van der Waals surface area (Å²) in [7, 11) is 0. The normalized spacial score (nSPS) is 22.1. The number of nitrogens with one attached hydrogen (secondary N) is 3. The molecule has 182 valence electrons. The van der Waals surface area contributed by atoms with Gasteiger partial charge in [-0.15, -0.1) is 0 Å². The minimum absolute atomic E-state index is 0.0726. The van der Waals surface area contributed by atoms with E-state index in [0.29, 0.717) is 11.7 Å². The number of ether oxygens (including phenoxy) is 1. The average molecular weight is 466 g/mol. The van der Waals surface area contributed by atoms with Crippen molar-refractivity contribution in [2.45, 2.75) is 71.4 Å². The van der Waals surface area contributed by atoms with E-state index in [9.17, 15) is 4.79 Å². The quantitative estimate of drug-likeness (QED) is 0.494. The fraction of sp³-hybridized carbons (Fsp3) is 0.600. The SMILES string of the molecule is Cc1cc(-c2n[nH]c(C(=O)NC3CCC(NCC4(C)COC4)CC3)c2C(C)C)cn2ncnc12. The predicted molar refractivity (Wildman–Crippen MR) is 130 cm³/mol. The van der Waals surface area contributed by atoms with Gasteiger partial charge in [-0.2, -0.15) is 10.2 Å². The van der Waals surface area contributed by atoms with Crippen LogP contribution >= 0.6 is 0 Å². The van der Waals surface area contributed by atoms with Crippen LogP contribution in [0.5, 0.6) is 0 Å². The molecule has 1 aliphatic heterocycles. The second kappa shape index (κ2) is 9.11. The number of carbonyl (C=O) groups excluding carboxylic acids is 1. The fourth-order valence-electron chi connectivity index (χ4n) is 5.17. The molecule has 9 heteroatoms. The van der Waals surface area contributed by atoms with Gasteiger partial charge in [-0.3, -0.25) is 9.89 Å². The predicted octanol–water partition coefficient (Wildman–Crippen LogP) is 3.22. The van der Waals surface area contributed by atoms with Crippen molar-refractivity contribution in [2.75, 3.05) is 19.8 Å². The van der Waals surface area contributed by atoms with Gasteiger partial charge in [0.25, 0.3) is 5.91 Å². The second-order valence-corrected chi connectivity index (χ2v) is 10.7. The Bertz CT molecular complexity index is 1170. The Hall–Kier alpha value is -2.78. The third-order valence-electron chi connectivity index (χ3n) is 7.22. The maximum atomic E-state index is 13.3. The molecule has 34 heavy (non-hydrogen) atoms. The highest BCUT2D eigenvalue weighted by Gasteiger charge is 2.34. The average Bonchev–Trinajstić information content (AvgIpc) is 3.45. The molecule has 3 aromatic heterocycles. The lowest BCUT2D eigenvalue weighted by molar-refractivity contribution is -0.100. The molecule has 1 aliphatic carbocycles. The minimum Gasteiger partial charge on any atom is -0.380 e. The van der Waals surface area contributed by atoms with Crippen molar-refractivity contribution in [1.82, 2.24) is 35.4 Å². The lowest BCUT2D eigenvalue weighted by atomic mass is 9.86. The van der Waals surface area contributed by atoms with E-state index in [4.69, 9.17) is 4.74 Å². The molecule has 3 aromatic rings. The number of H-pyrrole nitrogens is 1. The van der Waals surface area contributed by atoms with Crippen molar-refractivity contribution in [3.05, 3.63) is 35.4 Å². The van der Waals surface area contributed by atoms with E-state index in [-0.39, 0.29) is 23.3 Å². The molecular weight excluding hydrogens is 430 g/mol. The van der Waals surface area contributed by atoms with E-state index < -0.39 is 0 Å². The number of carbonyl (C=O) groups is 1. The van der Waals surface area contributed by atoms with Crippen molar-refractivity contribution in [3.63, 3.8) is 0 Å². The van der Waals surface area contributed by atoms with Crippen LogP contribution in [0.1, 0.15) is 74.0 Å². The molecule has 0 bridgehead atoms. The highest BCUT2D eigenvalue weighted by atomic mass is 16.5. The van der Waals surface area contributed by atoms with Gasteiger partial charge in [0.2, 0.25) is 0 Å². The molecule has 1 amide bonds. The molecule has 0 radical (unpaired) electrons. The Labute approximate surface area is 200 Å². The maximum Gasteiger partial charge on any atom is 0.269 e. The second-order valence-electron chi connectivity index (χ2n) is 10.7. The molecule has 0 aromatic carbocycles. The van der Waals surface area contributed by atoms with Gasteiger partial charge in [-0.25, -0.2) is 9.50 Å². The Kier molecular flexibility index (Phi) is 6.16. The standard InChI is InChI=1S/C25H35N7O2/c1-15(2)20-21(17-9-16(3)23-27-14-28-32(23)10-17)30-31-22(20)24(33)29-19-7-5-18(6-8-19)26-11-25(4)12-34-13-25/h9-10,14-15,18-19,26H,5-8,11-13H2,1-4H3,(H,29,33)(H,30,31). The third-order valence-corrected chi connectivity index (χ3v) is 7.22. The molecule has 0 atom stereocenters. The lowest BCUT2D eigenvalue weighted by Crippen LogP contribution is -2.51. The number of fused-ring (bicyclic) bond motifs is 1. The number of hydrogen-bond donors (Lipinski definition) is 3. The first-order valence-corrected chi connectivity index (χ1v) is 12.3. The number of aryl methyl sites for hydroxylation is 1. The molecule has 3 N–H and O–H groups in total. The number of nitrogens with zero attached hydrogens (tertiary/aromatic N) is 4. The Morgan fingerprint density at radius 1 is 1.26 bits per heavy atom. The van der Waals surface area contributed by atoms with Gasteiger partial charge >= 0.3 is 0 Å². The monoisotopic (exact) mass is 465 g/mol. The van der Waals surface area contributed by atoms with Gasteiger partial charge in [0, 0.05) is 41.4 Å². The van der Waals surface area contributed by atoms with E-state index in [1.807, 2.05) is 13.1 Å². The molecule has 0 unspecified atom stereocenters. The number of aromatic amines is 1. The number of amides is 1. The van der Waals surface area contributed by atoms with Gasteiger partial charge < -0.3 is 15.4 Å². The smallest absolute Gasteiger partial charge is 0.269 e. The molecule has 0 spiro atoms. The van der Waals surface area contributed by atoms with Crippen molar-refractivity contribution in [3.8, 4) is 11.3 Å². The molecule has 9 nitrogen and oxygen atoms in total. The van der Waals surface area contributed by atoms with Crippen molar-refractivity contribution >= 4 is 11.6 Å². The Morgan fingerprint density at radius 2 is 2.00 bits per heavy atom. The first-order valence-electron chi connectivity index (χ1n) is 12.3. The fourth-order valence-corrected chi connectivity index (χ4v) is 5.17. The van der Waals surface area contributed by atoms with E-state index in [1.165, 1.54) is 0 Å². The van der Waals surface area contributed by atoms with Gasteiger partial charge in [-0.05, 0) is 50.2 Å². The molecule has 2 aliphatic rings. The summed E-state index contributed by atoms with van der Waals surface area (Å²) in [4.78, 5) is 17.6. The van der Waals surface area contributed by atoms with Crippen LogP contribution in [0.3, 0.4) is 0 Å². The molecule has 1 saturated carbocycles. The van der Waals surface area contributed by atoms with Crippen LogP contribution < -0.4 is 10.6 Å². The first kappa shape index (κ1) is 23.0. The van der Waals surface area contributed by atoms with E-state index >= 15 is 0 Å². The van der Waals surface area contributed by atoms with Crippen LogP contribution in [0.25, 0.3) is 16.9 Å². The van der Waals surface area contributed by atoms with Crippen LogP contribution in [0.2, 0.25) is 0 Å². The summed E-state index contributed by atoms with van der Waals surface area (Å²) < 4.78 is 7.11. The molecule has 5 rings (SSSR count). The van der Waals surface area contributed by atoms with Crippen molar-refractivity contribution in [2.24, 2.45) is 5.41 Å². The molecular formula is C25H35N7O2. The minimum atomic E-state index is -0.0726. The summed E-state index contributed by atoms with van der Waals surface area (Å²) in [6.07, 6.45) is 7.58. The van der Waals surface area contributed by atoms with Gasteiger partial charge in [-0.1, -0.05) is 20.8 Å². The maximum absolute atomic E-state index is 13.3. The highest BCUT2D eigenvalue weighted by molar-refractivity contribution is 5.96. The van der Waals surface area contributed by atoms with E-state index in [2.05, 4.69) is 57.8 Å². The zero-order valence-corrected chi connectivity index (χ0v) is 20.5. The molecule has 1 saturated heterocycles. The van der Waals surface area contributed by atoms with E-state index in [1.54, 1.807) is 10.8 Å². The summed E-state index contributed by atoms with van der Waals surface area (Å²) in [5.41, 5.74) is 5.33. The largest absolute Gasteiger partial charge is 0.380 e. The highest BCUT2D eigenvalue weighted by Crippen LogP contribution is 2.32. The van der Waals surface area contributed by atoms with Gasteiger partial charge in [0.05, 0.1) is 18.9 Å². The van der Waals surface area contributed by atoms with E-state index in [0.717, 1.165) is 73.5 Å². The van der Waals surface area contributed by atoms with Crippen LogP contribution in [0, 0.1) is 12.3 Å². The van der Waals surface area contributed by atoms with Gasteiger partial charge in [0.15, 0.2) is 5.65 Å². The molecule has 4 heterocycles. The Balaban J connectivity index is 1.26. The summed E-state index contributed by atoms with van der Waals surface area (Å²) >= 11 is 0. The Morgan fingerprint density at radius 3 is 2.68 bits per heavy atom. The third kappa shape index (κ3) is 4.46. The lowest BCUT2D eigenvalue weighted by Gasteiger charge is -2.40. The topological polar surface area (TPSA) is 109 Å². The van der Waals surface area contributed by atoms with Gasteiger partial charge in [0.1, 0.15) is 12.0 Å². The van der Waals surface area contributed by atoms with Crippen LogP contribution in [0.15, 0.2) is 18.6 Å². The summed E-state index contributed by atoms with van der Waals surface area (Å²) in [6.45, 7) is 11.2. The molecule has 2 fully saturated rings. The van der Waals surface area contributed by atoms with Crippen LogP contribution in [-0.2, 0) is 4.74 Å². The van der Waals surface area contributed by atoms with Crippen molar-refractivity contribution < 1.29 is 9.53 Å². The number of pyridine rings is 1. The first-order chi connectivity index (χ1) is 16.3. The van der Waals surface area contributed by atoms with Crippen LogP contribution in [-0.4, -0.2) is 62.5 Å².